The quantitative estimate of drug-likeness (QED) is 0.907. The fourth-order valence-electron chi connectivity index (χ4n) is 3.86. The summed E-state index contributed by atoms with van der Waals surface area (Å²) in [5.74, 6) is 0.683. The largest absolute Gasteiger partial charge is 0.377 e. The first-order valence-electron chi connectivity index (χ1n) is 7.38. The number of aromatic nitrogens is 1. The van der Waals surface area contributed by atoms with E-state index < -0.39 is 0 Å². The molecule has 3 heteroatoms. The lowest BCUT2D eigenvalue weighted by atomic mass is 9.55. The summed E-state index contributed by atoms with van der Waals surface area (Å²) in [4.78, 5) is 4.21. The highest BCUT2D eigenvalue weighted by atomic mass is 16.5. The maximum absolute atomic E-state index is 5.96. The summed E-state index contributed by atoms with van der Waals surface area (Å²) in [6.45, 7) is 7.82. The second kappa shape index (κ2) is 4.88. The molecule has 2 fully saturated rings. The van der Waals surface area contributed by atoms with Crippen LogP contribution >= 0.6 is 0 Å². The fraction of sp³-hybridized carbons (Fsp3) is 0.688. The normalized spacial score (nSPS) is 34.2. The highest BCUT2D eigenvalue weighted by molar-refractivity contribution is 5.16. The summed E-state index contributed by atoms with van der Waals surface area (Å²) in [7, 11) is 0. The zero-order chi connectivity index (χ0) is 13.5. The average Bonchev–Trinajstić information content (AvgIpc) is 2.45. The number of pyridine rings is 1. The number of hydrogen-bond acceptors (Lipinski definition) is 3. The van der Waals surface area contributed by atoms with Crippen LogP contribution in [0.3, 0.4) is 0 Å². The Kier molecular flexibility index (Phi) is 3.35. The maximum atomic E-state index is 5.96. The third-order valence-corrected chi connectivity index (χ3v) is 4.95. The standard InChI is InChI=1S/C16H24N2O/c1-11(12-6-4-8-17-10-12)18-14-13-7-5-9-19-15(13)16(14,2)3/h4,6,8,10-11,13-15,18H,5,7,9H2,1-3H3/t11-,13?,14?,15?/m0/s1. The molecule has 1 aliphatic heterocycles. The Balaban J connectivity index is 1.69. The van der Waals surface area contributed by atoms with E-state index >= 15 is 0 Å². The SMILES string of the molecule is C[C@H](NC1C2CCCOC2C1(C)C)c1cccnc1. The number of rotatable bonds is 3. The van der Waals surface area contributed by atoms with Crippen molar-refractivity contribution in [3.05, 3.63) is 30.1 Å². The van der Waals surface area contributed by atoms with Gasteiger partial charge in [0.1, 0.15) is 0 Å². The smallest absolute Gasteiger partial charge is 0.0684 e. The highest BCUT2D eigenvalue weighted by Gasteiger charge is 2.57. The Morgan fingerprint density at radius 3 is 3.05 bits per heavy atom. The third kappa shape index (κ3) is 2.19. The van der Waals surface area contributed by atoms with Gasteiger partial charge in [-0.25, -0.2) is 0 Å². The zero-order valence-corrected chi connectivity index (χ0v) is 12.1. The van der Waals surface area contributed by atoms with E-state index in [0.29, 0.717) is 24.1 Å². The van der Waals surface area contributed by atoms with Crippen molar-refractivity contribution in [1.82, 2.24) is 10.3 Å². The second-order valence-electron chi connectivity index (χ2n) is 6.57. The lowest BCUT2D eigenvalue weighted by Gasteiger charge is -2.60. The molecule has 1 aliphatic carbocycles. The molecule has 1 aromatic heterocycles. The third-order valence-electron chi connectivity index (χ3n) is 4.95. The molecule has 1 saturated heterocycles. The first-order chi connectivity index (χ1) is 9.10. The predicted octanol–water partition coefficient (Wildman–Crippen LogP) is 2.94. The Morgan fingerprint density at radius 2 is 2.32 bits per heavy atom. The number of nitrogens with zero attached hydrogens (tertiary/aromatic N) is 1. The van der Waals surface area contributed by atoms with Crippen LogP contribution in [0.4, 0.5) is 0 Å². The summed E-state index contributed by atoms with van der Waals surface area (Å²) in [6, 6.07) is 5.05. The predicted molar refractivity (Wildman–Crippen MR) is 75.8 cm³/mol. The van der Waals surface area contributed by atoms with Crippen LogP contribution < -0.4 is 5.32 Å². The molecule has 1 saturated carbocycles. The van der Waals surface area contributed by atoms with E-state index in [4.69, 9.17) is 4.74 Å². The monoisotopic (exact) mass is 260 g/mol. The van der Waals surface area contributed by atoms with Gasteiger partial charge in [-0.1, -0.05) is 19.9 Å². The molecule has 104 valence electrons. The molecular weight excluding hydrogens is 236 g/mol. The highest BCUT2D eigenvalue weighted by Crippen LogP contribution is 2.51. The Bertz CT molecular complexity index is 432. The van der Waals surface area contributed by atoms with Crippen LogP contribution in [-0.2, 0) is 4.74 Å². The van der Waals surface area contributed by atoms with Crippen molar-refractivity contribution in [1.29, 1.82) is 0 Å². The van der Waals surface area contributed by atoms with E-state index in [1.165, 1.54) is 18.4 Å². The Morgan fingerprint density at radius 1 is 1.47 bits per heavy atom. The summed E-state index contributed by atoms with van der Waals surface area (Å²) in [5, 5.41) is 3.80. The molecule has 1 N–H and O–H groups in total. The summed E-state index contributed by atoms with van der Waals surface area (Å²) >= 11 is 0. The summed E-state index contributed by atoms with van der Waals surface area (Å²) in [5.41, 5.74) is 1.50. The van der Waals surface area contributed by atoms with Crippen molar-refractivity contribution in [2.45, 2.75) is 51.8 Å². The van der Waals surface area contributed by atoms with Crippen LogP contribution in [0, 0.1) is 11.3 Å². The van der Waals surface area contributed by atoms with Crippen molar-refractivity contribution >= 4 is 0 Å². The molecule has 3 unspecified atom stereocenters. The number of fused-ring (bicyclic) bond motifs is 1. The lowest BCUT2D eigenvalue weighted by Crippen LogP contribution is -2.69. The van der Waals surface area contributed by atoms with Gasteiger partial charge in [-0.2, -0.15) is 0 Å². The molecule has 0 spiro atoms. The van der Waals surface area contributed by atoms with Crippen molar-refractivity contribution in [3.63, 3.8) is 0 Å². The van der Waals surface area contributed by atoms with Gasteiger partial charge in [0.2, 0.25) is 0 Å². The van der Waals surface area contributed by atoms with Crippen molar-refractivity contribution in [2.75, 3.05) is 6.61 Å². The first-order valence-corrected chi connectivity index (χ1v) is 7.38. The molecular formula is C16H24N2O. The van der Waals surface area contributed by atoms with E-state index in [1.54, 1.807) is 0 Å². The minimum absolute atomic E-state index is 0.238. The Labute approximate surface area is 115 Å². The van der Waals surface area contributed by atoms with E-state index in [2.05, 4.69) is 37.1 Å². The van der Waals surface area contributed by atoms with Crippen LogP contribution in [0.5, 0.6) is 0 Å². The van der Waals surface area contributed by atoms with Crippen LogP contribution in [0.25, 0.3) is 0 Å². The van der Waals surface area contributed by atoms with E-state index in [9.17, 15) is 0 Å². The fourth-order valence-corrected chi connectivity index (χ4v) is 3.86. The number of nitrogens with one attached hydrogen (secondary N) is 1. The molecule has 2 aliphatic rings. The molecule has 0 radical (unpaired) electrons. The first kappa shape index (κ1) is 13.1. The van der Waals surface area contributed by atoms with Crippen LogP contribution in [-0.4, -0.2) is 23.7 Å². The lowest BCUT2D eigenvalue weighted by molar-refractivity contribution is -0.194. The van der Waals surface area contributed by atoms with Crippen LogP contribution in [0.15, 0.2) is 24.5 Å². The molecule has 0 amide bonds. The molecule has 19 heavy (non-hydrogen) atoms. The van der Waals surface area contributed by atoms with E-state index in [0.717, 1.165) is 6.61 Å². The van der Waals surface area contributed by atoms with Gasteiger partial charge < -0.3 is 10.1 Å². The molecule has 2 heterocycles. The topological polar surface area (TPSA) is 34.1 Å². The van der Waals surface area contributed by atoms with E-state index in [1.807, 2.05) is 18.5 Å². The van der Waals surface area contributed by atoms with E-state index in [-0.39, 0.29) is 5.41 Å². The van der Waals surface area contributed by atoms with Gasteiger partial charge in [-0.3, -0.25) is 4.98 Å². The molecule has 3 nitrogen and oxygen atoms in total. The minimum atomic E-state index is 0.238. The molecule has 0 bridgehead atoms. The summed E-state index contributed by atoms with van der Waals surface area (Å²) < 4.78 is 5.96. The second-order valence-corrected chi connectivity index (χ2v) is 6.57. The van der Waals surface area contributed by atoms with Crippen LogP contribution in [0.2, 0.25) is 0 Å². The number of hydrogen-bond donors (Lipinski definition) is 1. The van der Waals surface area contributed by atoms with Crippen LogP contribution in [0.1, 0.15) is 45.2 Å². The van der Waals surface area contributed by atoms with Crippen molar-refractivity contribution < 1.29 is 4.74 Å². The molecule has 1 aromatic rings. The van der Waals surface area contributed by atoms with Gasteiger partial charge in [0, 0.05) is 42.4 Å². The van der Waals surface area contributed by atoms with Gasteiger partial charge in [-0.05, 0) is 31.4 Å². The molecule has 0 aromatic carbocycles. The van der Waals surface area contributed by atoms with Crippen molar-refractivity contribution in [2.24, 2.45) is 11.3 Å². The molecule has 4 atom stereocenters. The van der Waals surface area contributed by atoms with Gasteiger partial charge in [0.05, 0.1) is 6.10 Å². The summed E-state index contributed by atoms with van der Waals surface area (Å²) in [6.07, 6.45) is 6.73. The minimum Gasteiger partial charge on any atom is -0.377 e. The van der Waals surface area contributed by atoms with Gasteiger partial charge in [0.15, 0.2) is 0 Å². The van der Waals surface area contributed by atoms with Crippen molar-refractivity contribution in [3.8, 4) is 0 Å². The average molecular weight is 260 g/mol. The molecule has 3 rings (SSSR count). The zero-order valence-electron chi connectivity index (χ0n) is 12.1. The maximum Gasteiger partial charge on any atom is 0.0684 e. The number of ether oxygens (including phenoxy) is 1. The van der Waals surface area contributed by atoms with Gasteiger partial charge >= 0.3 is 0 Å². The van der Waals surface area contributed by atoms with Gasteiger partial charge in [0.25, 0.3) is 0 Å². The Hall–Kier alpha value is -0.930. The van der Waals surface area contributed by atoms with Gasteiger partial charge in [-0.15, -0.1) is 0 Å².